The van der Waals surface area contributed by atoms with Crippen molar-refractivity contribution in [1.82, 2.24) is 5.32 Å². The fourth-order valence-corrected chi connectivity index (χ4v) is 2.92. The molecule has 1 amide bonds. The lowest BCUT2D eigenvalue weighted by Crippen LogP contribution is -2.59. The Balaban J connectivity index is 1.71. The fourth-order valence-electron chi connectivity index (χ4n) is 2.92. The van der Waals surface area contributed by atoms with E-state index in [4.69, 9.17) is 0 Å². The van der Waals surface area contributed by atoms with Crippen molar-refractivity contribution < 1.29 is 23.5 Å². The van der Waals surface area contributed by atoms with Crippen LogP contribution in [-0.4, -0.2) is 22.5 Å². The highest BCUT2D eigenvalue weighted by molar-refractivity contribution is 5.90. The number of benzene rings is 1. The molecule has 2 atom stereocenters. The highest BCUT2D eigenvalue weighted by Gasteiger charge is 2.52. The Hall–Kier alpha value is -1.98. The van der Waals surface area contributed by atoms with E-state index in [-0.39, 0.29) is 5.56 Å². The van der Waals surface area contributed by atoms with E-state index < -0.39 is 40.9 Å². The summed E-state index contributed by atoms with van der Waals surface area (Å²) < 4.78 is 27.3. The van der Waals surface area contributed by atoms with Crippen LogP contribution in [0.5, 0.6) is 0 Å². The summed E-state index contributed by atoms with van der Waals surface area (Å²) in [6.45, 7) is 0. The zero-order valence-electron chi connectivity index (χ0n) is 11.2. The normalized spacial score (nSPS) is 25.8. The first-order chi connectivity index (χ1) is 9.94. The number of aliphatic carboxylic acids is 1. The number of carboxylic acid groups (broad SMARTS) is 1. The molecule has 3 rings (SSSR count). The van der Waals surface area contributed by atoms with Crippen molar-refractivity contribution in [3.8, 4) is 0 Å². The largest absolute Gasteiger partial charge is 0.480 e. The molecular formula is C15H15F2NO3. The molecule has 0 spiro atoms. The molecule has 2 aliphatic carbocycles. The Labute approximate surface area is 120 Å². The SMILES string of the molecule is O=C(NC1(C(=O)O)CCC1)C1CC1c1c(F)cccc1F. The highest BCUT2D eigenvalue weighted by Crippen LogP contribution is 2.49. The summed E-state index contributed by atoms with van der Waals surface area (Å²) >= 11 is 0. The predicted octanol–water partition coefficient (Wildman–Crippen LogP) is 2.19. The molecular weight excluding hydrogens is 280 g/mol. The van der Waals surface area contributed by atoms with E-state index >= 15 is 0 Å². The van der Waals surface area contributed by atoms with Gasteiger partial charge < -0.3 is 10.4 Å². The van der Waals surface area contributed by atoms with Crippen molar-refractivity contribution in [2.75, 3.05) is 0 Å². The molecule has 2 fully saturated rings. The minimum atomic E-state index is -1.18. The summed E-state index contributed by atoms with van der Waals surface area (Å²) in [5.74, 6) is -3.84. The standard InChI is InChI=1S/C15H15F2NO3/c16-10-3-1-4-11(17)12(10)8-7-9(8)13(19)18-15(14(20)21)5-2-6-15/h1,3-4,8-9H,2,5-7H2,(H,18,19)(H,20,21). The molecule has 0 aliphatic heterocycles. The summed E-state index contributed by atoms with van der Waals surface area (Å²) in [4.78, 5) is 23.3. The van der Waals surface area contributed by atoms with Gasteiger partial charge in [0.05, 0.1) is 0 Å². The summed E-state index contributed by atoms with van der Waals surface area (Å²) in [7, 11) is 0. The number of carbonyl (C=O) groups is 2. The van der Waals surface area contributed by atoms with Gasteiger partial charge in [0, 0.05) is 17.4 Å². The highest BCUT2D eigenvalue weighted by atomic mass is 19.1. The maximum absolute atomic E-state index is 13.7. The number of carboxylic acids is 1. The molecule has 2 aliphatic rings. The lowest BCUT2D eigenvalue weighted by molar-refractivity contribution is -0.152. The van der Waals surface area contributed by atoms with Crippen LogP contribution in [0.25, 0.3) is 0 Å². The van der Waals surface area contributed by atoms with Crippen LogP contribution in [0.15, 0.2) is 18.2 Å². The first-order valence-corrected chi connectivity index (χ1v) is 6.94. The summed E-state index contributed by atoms with van der Waals surface area (Å²) in [5.41, 5.74) is -1.26. The maximum Gasteiger partial charge on any atom is 0.329 e. The second-order valence-electron chi connectivity index (χ2n) is 5.81. The molecule has 0 aromatic heterocycles. The molecule has 0 radical (unpaired) electrons. The number of halogens is 2. The van der Waals surface area contributed by atoms with Gasteiger partial charge in [-0.15, -0.1) is 0 Å². The quantitative estimate of drug-likeness (QED) is 0.895. The van der Waals surface area contributed by atoms with Crippen molar-refractivity contribution >= 4 is 11.9 Å². The summed E-state index contributed by atoms with van der Waals surface area (Å²) in [6.07, 6.45) is 1.90. The van der Waals surface area contributed by atoms with Gasteiger partial charge in [0.15, 0.2) is 0 Å². The minimum Gasteiger partial charge on any atom is -0.480 e. The molecule has 0 bridgehead atoms. The number of hydrogen-bond donors (Lipinski definition) is 2. The third kappa shape index (κ3) is 2.28. The Morgan fingerprint density at radius 2 is 1.86 bits per heavy atom. The molecule has 2 N–H and O–H groups in total. The van der Waals surface area contributed by atoms with Crippen molar-refractivity contribution in [1.29, 1.82) is 0 Å². The Kier molecular flexibility index (Phi) is 3.19. The number of nitrogens with one attached hydrogen (secondary N) is 1. The summed E-state index contributed by atoms with van der Waals surface area (Å²) in [6, 6.07) is 3.60. The maximum atomic E-state index is 13.7. The van der Waals surface area contributed by atoms with Crippen LogP contribution in [0.1, 0.15) is 37.2 Å². The average Bonchev–Trinajstić information content (AvgIpc) is 3.13. The van der Waals surface area contributed by atoms with E-state index in [1.165, 1.54) is 6.07 Å². The lowest BCUT2D eigenvalue weighted by Gasteiger charge is -2.38. The fraction of sp³-hybridized carbons (Fsp3) is 0.467. The lowest BCUT2D eigenvalue weighted by atomic mass is 9.76. The Morgan fingerprint density at radius 1 is 1.24 bits per heavy atom. The van der Waals surface area contributed by atoms with Crippen molar-refractivity contribution in [3.05, 3.63) is 35.4 Å². The second-order valence-corrected chi connectivity index (χ2v) is 5.81. The molecule has 0 heterocycles. The van der Waals surface area contributed by atoms with Crippen LogP contribution in [0, 0.1) is 17.6 Å². The zero-order valence-corrected chi connectivity index (χ0v) is 11.2. The van der Waals surface area contributed by atoms with Gasteiger partial charge in [-0.3, -0.25) is 4.79 Å². The topological polar surface area (TPSA) is 66.4 Å². The molecule has 2 unspecified atom stereocenters. The number of hydrogen-bond acceptors (Lipinski definition) is 2. The molecule has 0 saturated heterocycles. The molecule has 1 aromatic carbocycles. The second kappa shape index (κ2) is 4.79. The monoisotopic (exact) mass is 295 g/mol. The third-order valence-electron chi connectivity index (χ3n) is 4.48. The molecule has 1 aromatic rings. The van der Waals surface area contributed by atoms with Gasteiger partial charge in [-0.1, -0.05) is 6.07 Å². The van der Waals surface area contributed by atoms with E-state index in [2.05, 4.69) is 5.32 Å². The number of amides is 1. The molecule has 112 valence electrons. The van der Waals surface area contributed by atoms with Gasteiger partial charge in [0.25, 0.3) is 0 Å². The van der Waals surface area contributed by atoms with Crippen LogP contribution in [0.3, 0.4) is 0 Å². The Bertz CT molecular complexity index is 593. The molecule has 6 heteroatoms. The van der Waals surface area contributed by atoms with Gasteiger partial charge in [0.1, 0.15) is 17.2 Å². The average molecular weight is 295 g/mol. The van der Waals surface area contributed by atoms with E-state index in [9.17, 15) is 23.5 Å². The smallest absolute Gasteiger partial charge is 0.329 e. The van der Waals surface area contributed by atoms with Gasteiger partial charge in [-0.05, 0) is 37.8 Å². The molecule has 4 nitrogen and oxygen atoms in total. The van der Waals surface area contributed by atoms with Crippen molar-refractivity contribution in [3.63, 3.8) is 0 Å². The van der Waals surface area contributed by atoms with Gasteiger partial charge in [0.2, 0.25) is 5.91 Å². The Morgan fingerprint density at radius 3 is 2.33 bits per heavy atom. The molecule has 21 heavy (non-hydrogen) atoms. The van der Waals surface area contributed by atoms with E-state index in [0.29, 0.717) is 19.3 Å². The van der Waals surface area contributed by atoms with Crippen LogP contribution < -0.4 is 5.32 Å². The van der Waals surface area contributed by atoms with Crippen molar-refractivity contribution in [2.24, 2.45) is 5.92 Å². The number of carbonyl (C=O) groups excluding carboxylic acids is 1. The van der Waals surface area contributed by atoms with Gasteiger partial charge in [-0.25, -0.2) is 13.6 Å². The van der Waals surface area contributed by atoms with Crippen molar-refractivity contribution in [2.45, 2.75) is 37.1 Å². The summed E-state index contributed by atoms with van der Waals surface area (Å²) in [5, 5.41) is 11.7. The van der Waals surface area contributed by atoms with Gasteiger partial charge >= 0.3 is 5.97 Å². The minimum absolute atomic E-state index is 0.0735. The van der Waals surface area contributed by atoms with Crippen LogP contribution >= 0.6 is 0 Å². The zero-order chi connectivity index (χ0) is 15.2. The first-order valence-electron chi connectivity index (χ1n) is 6.94. The van der Waals surface area contributed by atoms with E-state index in [0.717, 1.165) is 18.6 Å². The van der Waals surface area contributed by atoms with Crippen LogP contribution in [0.4, 0.5) is 8.78 Å². The predicted molar refractivity (Wildman–Crippen MR) is 69.6 cm³/mol. The molecule has 2 saturated carbocycles. The van der Waals surface area contributed by atoms with E-state index in [1.807, 2.05) is 0 Å². The van der Waals surface area contributed by atoms with Gasteiger partial charge in [-0.2, -0.15) is 0 Å². The van der Waals surface area contributed by atoms with Crippen LogP contribution in [-0.2, 0) is 9.59 Å². The first kappa shape index (κ1) is 14.0. The van der Waals surface area contributed by atoms with Crippen LogP contribution in [0.2, 0.25) is 0 Å². The third-order valence-corrected chi connectivity index (χ3v) is 4.48. The van der Waals surface area contributed by atoms with E-state index in [1.54, 1.807) is 0 Å². The number of rotatable bonds is 4.